The summed E-state index contributed by atoms with van der Waals surface area (Å²) in [5.74, 6) is 0. The van der Waals surface area contributed by atoms with Crippen molar-refractivity contribution in [1.82, 2.24) is 9.97 Å². The number of hydrogen-bond acceptors (Lipinski definition) is 6. The predicted molar refractivity (Wildman–Crippen MR) is 40.0 cm³/mol. The molecule has 1 aromatic rings. The van der Waals surface area contributed by atoms with E-state index in [4.69, 9.17) is 20.2 Å². The molecule has 72 valence electrons. The quantitative estimate of drug-likeness (QED) is 0.389. The number of rotatable bonds is 0. The maximum Gasteiger partial charge on any atom is 0.266 e. The van der Waals surface area contributed by atoms with Gasteiger partial charge in [0.2, 0.25) is 0 Å². The third-order valence-corrected chi connectivity index (χ3v) is 0.578. The minimum absolute atomic E-state index is 0.164. The zero-order chi connectivity index (χ0) is 10.5. The molecule has 0 unspecified atom stereocenters. The van der Waals surface area contributed by atoms with E-state index in [1.165, 1.54) is 29.3 Å². The summed E-state index contributed by atoms with van der Waals surface area (Å²) < 4.78 is 0. The van der Waals surface area contributed by atoms with Gasteiger partial charge in [-0.15, -0.1) is 9.81 Å². The molecule has 0 amide bonds. The Labute approximate surface area is 70.9 Å². The highest BCUT2D eigenvalue weighted by Gasteiger charge is 1.70. The van der Waals surface area contributed by atoms with Crippen molar-refractivity contribution in [3.05, 3.63) is 38.8 Å². The second kappa shape index (κ2) is 12.4. The SMILES string of the molecule is O=NO.O=NO.O=c1cncc[nH]1. The Morgan fingerprint density at radius 1 is 1.31 bits per heavy atom. The van der Waals surface area contributed by atoms with Gasteiger partial charge in [-0.1, -0.05) is 0 Å². The Morgan fingerprint density at radius 3 is 1.92 bits per heavy atom. The van der Waals surface area contributed by atoms with Crippen molar-refractivity contribution in [2.24, 2.45) is 10.7 Å². The van der Waals surface area contributed by atoms with Crippen LogP contribution >= 0.6 is 0 Å². The first-order chi connectivity index (χ1) is 6.22. The summed E-state index contributed by atoms with van der Waals surface area (Å²) in [6.07, 6.45) is 4.23. The van der Waals surface area contributed by atoms with E-state index >= 15 is 0 Å². The van der Waals surface area contributed by atoms with Gasteiger partial charge < -0.3 is 15.4 Å². The van der Waals surface area contributed by atoms with E-state index in [0.29, 0.717) is 0 Å². The largest absolute Gasteiger partial charge is 0.379 e. The number of nitrogens with one attached hydrogen (secondary N) is 1. The fourth-order valence-electron chi connectivity index (χ4n) is 0.310. The predicted octanol–water partition coefficient (Wildman–Crippen LogP) is 0.0539. The molecule has 3 N–H and O–H groups in total. The van der Waals surface area contributed by atoms with Crippen LogP contribution in [0.4, 0.5) is 0 Å². The maximum atomic E-state index is 10.2. The van der Waals surface area contributed by atoms with Crippen LogP contribution < -0.4 is 5.56 Å². The van der Waals surface area contributed by atoms with Crippen LogP contribution in [-0.2, 0) is 0 Å². The molecule has 0 saturated carbocycles. The summed E-state index contributed by atoms with van der Waals surface area (Å²) in [6, 6.07) is 0. The minimum atomic E-state index is -0.164. The zero-order valence-corrected chi connectivity index (χ0v) is 6.19. The number of aromatic nitrogens is 2. The molecular weight excluding hydrogens is 184 g/mol. The molecule has 0 aliphatic carbocycles. The lowest BCUT2D eigenvalue weighted by atomic mass is 10.8. The van der Waals surface area contributed by atoms with E-state index in [1.807, 2.05) is 0 Å². The van der Waals surface area contributed by atoms with Crippen molar-refractivity contribution in [2.45, 2.75) is 0 Å². The Balaban J connectivity index is 0. The van der Waals surface area contributed by atoms with Gasteiger partial charge in [0.05, 0.1) is 6.20 Å². The van der Waals surface area contributed by atoms with Gasteiger partial charge >= 0.3 is 0 Å². The molecular formula is C4H6N4O5. The number of nitrogens with zero attached hydrogens (tertiary/aromatic N) is 3. The van der Waals surface area contributed by atoms with Crippen LogP contribution in [-0.4, -0.2) is 20.4 Å². The van der Waals surface area contributed by atoms with E-state index in [-0.39, 0.29) is 5.56 Å². The first-order valence-corrected chi connectivity index (χ1v) is 2.65. The first-order valence-electron chi connectivity index (χ1n) is 2.65. The summed E-state index contributed by atoms with van der Waals surface area (Å²) in [4.78, 5) is 32.3. The first kappa shape index (κ1) is 13.3. The van der Waals surface area contributed by atoms with Gasteiger partial charge in [-0.2, -0.15) is 0 Å². The van der Waals surface area contributed by atoms with Crippen molar-refractivity contribution in [3.8, 4) is 0 Å². The third-order valence-electron chi connectivity index (χ3n) is 0.578. The van der Waals surface area contributed by atoms with E-state index in [1.54, 1.807) is 0 Å². The fraction of sp³-hybridized carbons (Fsp3) is 0. The summed E-state index contributed by atoms with van der Waals surface area (Å²) in [5, 5.41) is 15.8. The highest BCUT2D eigenvalue weighted by molar-refractivity contribution is 4.73. The Hall–Kier alpha value is -2.32. The van der Waals surface area contributed by atoms with Gasteiger partial charge in [0, 0.05) is 12.4 Å². The van der Waals surface area contributed by atoms with E-state index in [9.17, 15) is 4.79 Å². The molecule has 1 aromatic heterocycles. The van der Waals surface area contributed by atoms with Crippen molar-refractivity contribution in [2.75, 3.05) is 0 Å². The maximum absolute atomic E-state index is 10.2. The van der Waals surface area contributed by atoms with E-state index < -0.39 is 0 Å². The lowest BCUT2D eigenvalue weighted by molar-refractivity contribution is 0.312. The van der Waals surface area contributed by atoms with Crippen LogP contribution in [0.15, 0.2) is 34.1 Å². The summed E-state index contributed by atoms with van der Waals surface area (Å²) in [6.45, 7) is 0. The van der Waals surface area contributed by atoms with Gasteiger partial charge in [-0.25, -0.2) is 0 Å². The molecule has 9 heteroatoms. The smallest absolute Gasteiger partial charge is 0.266 e. The second-order valence-corrected chi connectivity index (χ2v) is 1.27. The van der Waals surface area contributed by atoms with Crippen LogP contribution in [0.5, 0.6) is 0 Å². The molecule has 0 radical (unpaired) electrons. The Bertz CT molecular complexity index is 250. The molecule has 13 heavy (non-hydrogen) atoms. The van der Waals surface area contributed by atoms with Crippen molar-refractivity contribution < 1.29 is 10.4 Å². The highest BCUT2D eigenvalue weighted by atomic mass is 16.6. The average molecular weight is 190 g/mol. The molecule has 0 bridgehead atoms. The van der Waals surface area contributed by atoms with Gasteiger partial charge in [-0.3, -0.25) is 9.78 Å². The molecule has 0 spiro atoms. The molecule has 0 aliphatic rings. The molecule has 0 aliphatic heterocycles. The van der Waals surface area contributed by atoms with Crippen molar-refractivity contribution in [3.63, 3.8) is 0 Å². The number of hydrogen-bond donors (Lipinski definition) is 3. The molecule has 0 fully saturated rings. The summed E-state index contributed by atoms with van der Waals surface area (Å²) in [5.41, 5.74) is -0.164. The molecule has 0 aromatic carbocycles. The minimum Gasteiger partial charge on any atom is -0.379 e. The van der Waals surface area contributed by atoms with E-state index in [2.05, 4.69) is 9.97 Å². The van der Waals surface area contributed by atoms with Crippen LogP contribution in [0.1, 0.15) is 0 Å². The van der Waals surface area contributed by atoms with E-state index in [0.717, 1.165) is 0 Å². The summed E-state index contributed by atoms with van der Waals surface area (Å²) >= 11 is 0. The van der Waals surface area contributed by atoms with Crippen molar-refractivity contribution in [1.29, 1.82) is 0 Å². The summed E-state index contributed by atoms with van der Waals surface area (Å²) in [7, 11) is 0. The monoisotopic (exact) mass is 190 g/mol. The topological polar surface area (TPSA) is 145 Å². The molecule has 1 heterocycles. The molecule has 0 atom stereocenters. The normalized spacial score (nSPS) is 6.46. The average Bonchev–Trinajstić information content (AvgIpc) is 2.08. The van der Waals surface area contributed by atoms with Gasteiger partial charge in [0.15, 0.2) is 10.7 Å². The molecule has 0 saturated heterocycles. The van der Waals surface area contributed by atoms with Crippen molar-refractivity contribution >= 4 is 0 Å². The Kier molecular flexibility index (Phi) is 12.6. The lowest BCUT2D eigenvalue weighted by Crippen LogP contribution is -2.01. The molecule has 9 nitrogen and oxygen atoms in total. The standard InChI is InChI=1S/C4H4N2O.2HNO2/c7-4-3-5-1-2-6-4;2*2-1-3/h1-3H,(H,6,7);2*(H,2,3). The lowest BCUT2D eigenvalue weighted by Gasteiger charge is -1.73. The van der Waals surface area contributed by atoms with Gasteiger partial charge in [-0.05, 0) is 0 Å². The Morgan fingerprint density at radius 2 is 1.77 bits per heavy atom. The van der Waals surface area contributed by atoms with Crippen LogP contribution in [0.3, 0.4) is 0 Å². The third kappa shape index (κ3) is 17.7. The zero-order valence-electron chi connectivity index (χ0n) is 6.19. The van der Waals surface area contributed by atoms with Crippen LogP contribution in [0.25, 0.3) is 0 Å². The second-order valence-electron chi connectivity index (χ2n) is 1.27. The number of H-pyrrole nitrogens is 1. The van der Waals surface area contributed by atoms with Crippen LogP contribution in [0, 0.1) is 9.81 Å². The highest BCUT2D eigenvalue weighted by Crippen LogP contribution is 1.57. The molecule has 1 rings (SSSR count). The van der Waals surface area contributed by atoms with Gasteiger partial charge in [0.25, 0.3) is 5.56 Å². The fourth-order valence-corrected chi connectivity index (χ4v) is 0.310. The van der Waals surface area contributed by atoms with Crippen LogP contribution in [0.2, 0.25) is 0 Å². The van der Waals surface area contributed by atoms with Gasteiger partial charge in [0.1, 0.15) is 0 Å². The number of aromatic amines is 1.